The summed E-state index contributed by atoms with van der Waals surface area (Å²) in [6.07, 6.45) is 0.222. The Bertz CT molecular complexity index is 375. The molecule has 0 fully saturated rings. The molecular formula is C14H23NO2. The molecule has 1 unspecified atom stereocenters. The molecule has 0 spiro atoms. The van der Waals surface area contributed by atoms with E-state index in [1.807, 2.05) is 0 Å². The van der Waals surface area contributed by atoms with Crippen molar-refractivity contribution in [2.24, 2.45) is 5.73 Å². The lowest BCUT2D eigenvalue weighted by Crippen LogP contribution is -2.16. The number of rotatable bonds is 5. The number of aliphatic hydroxyl groups is 1. The molecule has 0 heterocycles. The van der Waals surface area contributed by atoms with Gasteiger partial charge in [0, 0.05) is 12.1 Å². The third kappa shape index (κ3) is 2.79. The maximum atomic E-state index is 10.1. The Morgan fingerprint density at radius 2 is 2.00 bits per heavy atom. The summed E-state index contributed by atoms with van der Waals surface area (Å²) >= 11 is 0. The van der Waals surface area contributed by atoms with E-state index in [9.17, 15) is 5.11 Å². The van der Waals surface area contributed by atoms with Crippen molar-refractivity contribution in [2.45, 2.75) is 39.2 Å². The highest BCUT2D eigenvalue weighted by molar-refractivity contribution is 5.49. The summed E-state index contributed by atoms with van der Waals surface area (Å²) in [6.45, 7) is 6.50. The van der Waals surface area contributed by atoms with Crippen LogP contribution in [0.3, 0.4) is 0 Å². The smallest absolute Gasteiger partial charge is 0.128 e. The first-order valence-corrected chi connectivity index (χ1v) is 6.14. The minimum absolute atomic E-state index is 0.212. The van der Waals surface area contributed by atoms with Crippen molar-refractivity contribution in [2.75, 3.05) is 13.7 Å². The first-order valence-electron chi connectivity index (χ1n) is 6.14. The third-order valence-corrected chi connectivity index (χ3v) is 3.07. The second-order valence-corrected chi connectivity index (χ2v) is 4.52. The fourth-order valence-electron chi connectivity index (χ4n) is 2.14. The van der Waals surface area contributed by atoms with Gasteiger partial charge in [-0.05, 0) is 23.5 Å². The Hall–Kier alpha value is -1.06. The summed E-state index contributed by atoms with van der Waals surface area (Å²) in [6, 6.07) is 4.14. The van der Waals surface area contributed by atoms with Crippen LogP contribution < -0.4 is 10.5 Å². The summed E-state index contributed by atoms with van der Waals surface area (Å²) in [5.74, 6) is 1.13. The fraction of sp³-hybridized carbons (Fsp3) is 0.571. The standard InChI is InChI=1S/C14H23NO2/c1-5-10-6-7-11(9(2)3)13(12(16)8-15)14(10)17-4/h6-7,9,12,16H,5,8,15H2,1-4H3. The van der Waals surface area contributed by atoms with Crippen molar-refractivity contribution in [3.05, 3.63) is 28.8 Å². The van der Waals surface area contributed by atoms with Crippen LogP contribution in [0, 0.1) is 0 Å². The average molecular weight is 237 g/mol. The lowest BCUT2D eigenvalue weighted by Gasteiger charge is -2.22. The van der Waals surface area contributed by atoms with Crippen LogP contribution in [0.1, 0.15) is 49.5 Å². The SMILES string of the molecule is CCc1ccc(C(C)C)c(C(O)CN)c1OC. The van der Waals surface area contributed by atoms with E-state index in [4.69, 9.17) is 10.5 Å². The van der Waals surface area contributed by atoms with Gasteiger partial charge in [-0.3, -0.25) is 0 Å². The van der Waals surface area contributed by atoms with Gasteiger partial charge in [-0.1, -0.05) is 32.9 Å². The molecule has 0 saturated carbocycles. The van der Waals surface area contributed by atoms with E-state index in [0.29, 0.717) is 5.92 Å². The molecule has 0 aromatic heterocycles. The first kappa shape index (κ1) is 14.0. The van der Waals surface area contributed by atoms with Crippen molar-refractivity contribution < 1.29 is 9.84 Å². The van der Waals surface area contributed by atoms with Gasteiger partial charge < -0.3 is 15.6 Å². The summed E-state index contributed by atoms with van der Waals surface area (Å²) in [5, 5.41) is 10.1. The molecule has 0 aliphatic carbocycles. The molecule has 0 aliphatic heterocycles. The van der Waals surface area contributed by atoms with Gasteiger partial charge in [0.2, 0.25) is 0 Å². The number of aliphatic hydroxyl groups excluding tert-OH is 1. The predicted octanol–water partition coefficient (Wildman–Crippen LogP) is 2.37. The van der Waals surface area contributed by atoms with Crippen LogP contribution >= 0.6 is 0 Å². The van der Waals surface area contributed by atoms with E-state index in [1.54, 1.807) is 7.11 Å². The Labute approximate surface area is 104 Å². The van der Waals surface area contributed by atoms with Crippen LogP contribution in [-0.2, 0) is 6.42 Å². The zero-order valence-corrected chi connectivity index (χ0v) is 11.2. The zero-order chi connectivity index (χ0) is 13.0. The Morgan fingerprint density at radius 3 is 2.41 bits per heavy atom. The number of hydrogen-bond donors (Lipinski definition) is 2. The normalized spacial score (nSPS) is 12.9. The quantitative estimate of drug-likeness (QED) is 0.826. The molecule has 3 heteroatoms. The maximum absolute atomic E-state index is 10.1. The topological polar surface area (TPSA) is 55.5 Å². The Kier molecular flexibility index (Phi) is 4.97. The molecule has 96 valence electrons. The lowest BCUT2D eigenvalue weighted by molar-refractivity contribution is 0.180. The minimum Gasteiger partial charge on any atom is -0.496 e. The van der Waals surface area contributed by atoms with Crippen molar-refractivity contribution in [1.29, 1.82) is 0 Å². The fourth-order valence-corrected chi connectivity index (χ4v) is 2.14. The van der Waals surface area contributed by atoms with E-state index < -0.39 is 6.10 Å². The second kappa shape index (κ2) is 6.03. The van der Waals surface area contributed by atoms with Gasteiger partial charge in [0.05, 0.1) is 13.2 Å². The molecule has 0 aliphatic rings. The molecule has 1 atom stereocenters. The molecule has 1 aromatic rings. The Morgan fingerprint density at radius 1 is 1.35 bits per heavy atom. The van der Waals surface area contributed by atoms with E-state index in [-0.39, 0.29) is 6.54 Å². The van der Waals surface area contributed by atoms with E-state index in [0.717, 1.165) is 28.9 Å². The monoisotopic (exact) mass is 237 g/mol. The highest BCUT2D eigenvalue weighted by Gasteiger charge is 2.20. The minimum atomic E-state index is -0.658. The summed E-state index contributed by atoms with van der Waals surface area (Å²) in [7, 11) is 1.64. The number of benzene rings is 1. The lowest BCUT2D eigenvalue weighted by atomic mass is 9.90. The molecule has 3 N–H and O–H groups in total. The van der Waals surface area contributed by atoms with Crippen molar-refractivity contribution in [3.8, 4) is 5.75 Å². The van der Waals surface area contributed by atoms with Crippen LogP contribution in [0.4, 0.5) is 0 Å². The molecule has 0 bridgehead atoms. The van der Waals surface area contributed by atoms with Crippen molar-refractivity contribution in [3.63, 3.8) is 0 Å². The van der Waals surface area contributed by atoms with Crippen LogP contribution in [0.5, 0.6) is 5.75 Å². The molecule has 3 nitrogen and oxygen atoms in total. The van der Waals surface area contributed by atoms with Gasteiger partial charge in [-0.2, -0.15) is 0 Å². The molecule has 17 heavy (non-hydrogen) atoms. The summed E-state index contributed by atoms with van der Waals surface area (Å²) < 4.78 is 5.47. The van der Waals surface area contributed by atoms with Gasteiger partial charge in [-0.15, -0.1) is 0 Å². The van der Waals surface area contributed by atoms with Gasteiger partial charge in [0.15, 0.2) is 0 Å². The van der Waals surface area contributed by atoms with Crippen LogP contribution in [0.15, 0.2) is 12.1 Å². The molecule has 0 radical (unpaired) electrons. The summed E-state index contributed by atoms with van der Waals surface area (Å²) in [4.78, 5) is 0. The molecular weight excluding hydrogens is 214 g/mol. The number of methoxy groups -OCH3 is 1. The number of aryl methyl sites for hydroxylation is 1. The number of ether oxygens (including phenoxy) is 1. The van der Waals surface area contributed by atoms with Gasteiger partial charge in [0.25, 0.3) is 0 Å². The summed E-state index contributed by atoms with van der Waals surface area (Å²) in [5.41, 5.74) is 8.65. The van der Waals surface area contributed by atoms with Crippen LogP contribution in [-0.4, -0.2) is 18.8 Å². The molecule has 1 rings (SSSR count). The average Bonchev–Trinajstić information content (AvgIpc) is 2.35. The Balaban J connectivity index is 3.44. The van der Waals surface area contributed by atoms with Gasteiger partial charge in [-0.25, -0.2) is 0 Å². The highest BCUT2D eigenvalue weighted by atomic mass is 16.5. The van der Waals surface area contributed by atoms with Crippen molar-refractivity contribution >= 4 is 0 Å². The van der Waals surface area contributed by atoms with E-state index >= 15 is 0 Å². The van der Waals surface area contributed by atoms with Crippen molar-refractivity contribution in [1.82, 2.24) is 0 Å². The number of hydrogen-bond acceptors (Lipinski definition) is 3. The predicted molar refractivity (Wildman–Crippen MR) is 70.5 cm³/mol. The zero-order valence-electron chi connectivity index (χ0n) is 11.2. The molecule has 0 saturated heterocycles. The van der Waals surface area contributed by atoms with Gasteiger partial charge >= 0.3 is 0 Å². The van der Waals surface area contributed by atoms with Crippen LogP contribution in [0.25, 0.3) is 0 Å². The number of nitrogens with two attached hydrogens (primary N) is 1. The molecule has 0 amide bonds. The highest BCUT2D eigenvalue weighted by Crippen LogP contribution is 2.35. The van der Waals surface area contributed by atoms with E-state index in [2.05, 4.69) is 32.9 Å². The molecule has 1 aromatic carbocycles. The maximum Gasteiger partial charge on any atom is 0.128 e. The largest absolute Gasteiger partial charge is 0.496 e. The van der Waals surface area contributed by atoms with E-state index in [1.165, 1.54) is 0 Å². The van der Waals surface area contributed by atoms with Gasteiger partial charge in [0.1, 0.15) is 5.75 Å². The van der Waals surface area contributed by atoms with Crippen LogP contribution in [0.2, 0.25) is 0 Å². The second-order valence-electron chi connectivity index (χ2n) is 4.52. The third-order valence-electron chi connectivity index (χ3n) is 3.07. The first-order chi connectivity index (χ1) is 8.06.